The van der Waals surface area contributed by atoms with Gasteiger partial charge in [-0.05, 0) is 19.3 Å². The molecule has 0 spiro atoms. The van der Waals surface area contributed by atoms with E-state index in [1.165, 1.54) is 0 Å². The van der Waals surface area contributed by atoms with Gasteiger partial charge in [0.2, 0.25) is 0 Å². The smallest absolute Gasteiger partial charge is 0.0674 e. The van der Waals surface area contributed by atoms with E-state index in [1.54, 1.807) is 0 Å². The lowest BCUT2D eigenvalue weighted by atomic mass is 10.1. The first-order valence-electron chi connectivity index (χ1n) is 4.07. The maximum atomic E-state index is 9.37. The average molecular weight is 144 g/mol. The Bertz CT molecular complexity index is 108. The fourth-order valence-electron chi connectivity index (χ4n) is 1.22. The van der Waals surface area contributed by atoms with Crippen LogP contribution < -0.4 is 0 Å². The Morgan fingerprint density at radius 3 is 2.50 bits per heavy atom. The maximum absolute atomic E-state index is 9.37. The third-order valence-electron chi connectivity index (χ3n) is 2.06. The number of rotatable bonds is 4. The molecule has 0 aliphatic heterocycles. The summed E-state index contributed by atoms with van der Waals surface area (Å²) in [4.78, 5) is 0. The first-order chi connectivity index (χ1) is 4.66. The van der Waals surface area contributed by atoms with E-state index in [2.05, 4.69) is 0 Å². The largest absolute Gasteiger partial charge is 0.393 e. The molecule has 1 unspecified atom stereocenters. The molecule has 1 saturated carbocycles. The molecular formula is C8H16O2. The monoisotopic (exact) mass is 144 g/mol. The summed E-state index contributed by atoms with van der Waals surface area (Å²) in [6.07, 6.45) is 3.89. The number of aliphatic hydroxyl groups excluding tert-OH is 1. The second kappa shape index (κ2) is 2.89. The van der Waals surface area contributed by atoms with E-state index in [-0.39, 0.29) is 6.10 Å². The van der Waals surface area contributed by atoms with Gasteiger partial charge < -0.3 is 10.2 Å². The highest BCUT2D eigenvalue weighted by atomic mass is 16.3. The molecule has 0 aromatic rings. The molecule has 2 N–H and O–H groups in total. The Morgan fingerprint density at radius 2 is 2.10 bits per heavy atom. The molecule has 0 aromatic heterocycles. The third-order valence-corrected chi connectivity index (χ3v) is 2.06. The molecule has 60 valence electrons. The average Bonchev–Trinajstić information content (AvgIpc) is 2.48. The van der Waals surface area contributed by atoms with Crippen LogP contribution in [0.25, 0.3) is 0 Å². The molecule has 10 heavy (non-hydrogen) atoms. The molecule has 2 nitrogen and oxygen atoms in total. The van der Waals surface area contributed by atoms with Crippen molar-refractivity contribution in [2.45, 2.75) is 50.7 Å². The number of hydrogen-bond donors (Lipinski definition) is 2. The lowest BCUT2D eigenvalue weighted by molar-refractivity contribution is 0.0600. The summed E-state index contributed by atoms with van der Waals surface area (Å²) in [5.41, 5.74) is -0.478. The summed E-state index contributed by atoms with van der Waals surface area (Å²) in [7, 11) is 0. The molecule has 0 heterocycles. The molecule has 1 aliphatic rings. The molecule has 0 amide bonds. The first kappa shape index (κ1) is 8.02. The fourth-order valence-corrected chi connectivity index (χ4v) is 1.22. The Morgan fingerprint density at radius 1 is 1.50 bits per heavy atom. The van der Waals surface area contributed by atoms with E-state index in [0.717, 1.165) is 25.7 Å². The van der Waals surface area contributed by atoms with Gasteiger partial charge in [0, 0.05) is 6.42 Å². The highest BCUT2D eigenvalue weighted by Crippen LogP contribution is 2.39. The van der Waals surface area contributed by atoms with Crippen molar-refractivity contribution in [3.05, 3.63) is 0 Å². The van der Waals surface area contributed by atoms with Crippen LogP contribution in [0.2, 0.25) is 0 Å². The molecule has 0 radical (unpaired) electrons. The van der Waals surface area contributed by atoms with Crippen molar-refractivity contribution in [1.82, 2.24) is 0 Å². The Balaban J connectivity index is 2.11. The Hall–Kier alpha value is -0.0800. The molecule has 1 aliphatic carbocycles. The molecule has 2 heteroatoms. The van der Waals surface area contributed by atoms with Crippen LogP contribution in [0.5, 0.6) is 0 Å². The minimum atomic E-state index is -0.478. The van der Waals surface area contributed by atoms with Crippen molar-refractivity contribution in [1.29, 1.82) is 0 Å². The van der Waals surface area contributed by atoms with Crippen molar-refractivity contribution in [3.8, 4) is 0 Å². The van der Waals surface area contributed by atoms with Crippen molar-refractivity contribution in [2.75, 3.05) is 0 Å². The lowest BCUT2D eigenvalue weighted by Gasteiger charge is -2.12. The van der Waals surface area contributed by atoms with Crippen LogP contribution in [0.4, 0.5) is 0 Å². The van der Waals surface area contributed by atoms with E-state index < -0.39 is 5.60 Å². The van der Waals surface area contributed by atoms with E-state index in [1.807, 2.05) is 6.92 Å². The van der Waals surface area contributed by atoms with Crippen LogP contribution in [0.3, 0.4) is 0 Å². The molecule has 0 aromatic carbocycles. The molecule has 1 fully saturated rings. The Kier molecular flexibility index (Phi) is 2.32. The fraction of sp³-hybridized carbons (Fsp3) is 1.00. The summed E-state index contributed by atoms with van der Waals surface area (Å²) in [5, 5.41) is 18.6. The van der Waals surface area contributed by atoms with Crippen molar-refractivity contribution in [3.63, 3.8) is 0 Å². The van der Waals surface area contributed by atoms with Crippen LogP contribution in [-0.2, 0) is 0 Å². The topological polar surface area (TPSA) is 40.5 Å². The van der Waals surface area contributed by atoms with E-state index >= 15 is 0 Å². The van der Waals surface area contributed by atoms with Gasteiger partial charge in [-0.15, -0.1) is 0 Å². The lowest BCUT2D eigenvalue weighted by Crippen LogP contribution is -2.18. The van der Waals surface area contributed by atoms with Crippen LogP contribution in [0.1, 0.15) is 39.0 Å². The molecule has 0 bridgehead atoms. The highest BCUT2D eigenvalue weighted by Gasteiger charge is 2.41. The van der Waals surface area contributed by atoms with Gasteiger partial charge in [0.25, 0.3) is 0 Å². The zero-order valence-corrected chi connectivity index (χ0v) is 6.51. The predicted octanol–water partition coefficient (Wildman–Crippen LogP) is 1.06. The summed E-state index contributed by atoms with van der Waals surface area (Å²) in [6, 6.07) is 0. The predicted molar refractivity (Wildman–Crippen MR) is 39.7 cm³/mol. The molecular weight excluding hydrogens is 128 g/mol. The van der Waals surface area contributed by atoms with Gasteiger partial charge in [-0.25, -0.2) is 0 Å². The van der Waals surface area contributed by atoms with Crippen LogP contribution in [-0.4, -0.2) is 21.9 Å². The van der Waals surface area contributed by atoms with Gasteiger partial charge in [0.1, 0.15) is 0 Å². The van der Waals surface area contributed by atoms with E-state index in [9.17, 15) is 10.2 Å². The minimum absolute atomic E-state index is 0.280. The summed E-state index contributed by atoms with van der Waals surface area (Å²) < 4.78 is 0. The van der Waals surface area contributed by atoms with Crippen molar-refractivity contribution < 1.29 is 10.2 Å². The number of aliphatic hydroxyl groups is 2. The van der Waals surface area contributed by atoms with Crippen LogP contribution in [0.15, 0.2) is 0 Å². The van der Waals surface area contributed by atoms with Crippen molar-refractivity contribution >= 4 is 0 Å². The van der Waals surface area contributed by atoms with Gasteiger partial charge >= 0.3 is 0 Å². The second-order valence-corrected chi connectivity index (χ2v) is 3.37. The maximum Gasteiger partial charge on any atom is 0.0674 e. The highest BCUT2D eigenvalue weighted by molar-refractivity contribution is 4.94. The zero-order valence-electron chi connectivity index (χ0n) is 6.51. The van der Waals surface area contributed by atoms with Crippen molar-refractivity contribution in [2.24, 2.45) is 0 Å². The normalized spacial score (nSPS) is 24.3. The summed E-state index contributed by atoms with van der Waals surface area (Å²) >= 11 is 0. The van der Waals surface area contributed by atoms with Gasteiger partial charge in [0.15, 0.2) is 0 Å². The zero-order chi connectivity index (χ0) is 7.61. The number of hydrogen-bond acceptors (Lipinski definition) is 2. The quantitative estimate of drug-likeness (QED) is 0.619. The molecule has 1 atom stereocenters. The Labute approximate surface area is 61.9 Å². The van der Waals surface area contributed by atoms with Gasteiger partial charge in [-0.1, -0.05) is 13.3 Å². The van der Waals surface area contributed by atoms with Gasteiger partial charge in [0.05, 0.1) is 11.7 Å². The molecule has 1 rings (SSSR count). The van der Waals surface area contributed by atoms with Crippen LogP contribution >= 0.6 is 0 Å². The standard InChI is InChI=1S/C8H16O2/c1-2-3-7(9)6-8(10)4-5-8/h7,9-10H,2-6H2,1H3. The second-order valence-electron chi connectivity index (χ2n) is 3.37. The van der Waals surface area contributed by atoms with Crippen LogP contribution in [0, 0.1) is 0 Å². The third kappa shape index (κ3) is 2.27. The van der Waals surface area contributed by atoms with Gasteiger partial charge in [-0.3, -0.25) is 0 Å². The minimum Gasteiger partial charge on any atom is -0.393 e. The summed E-state index contributed by atoms with van der Waals surface area (Å²) in [6.45, 7) is 2.04. The van der Waals surface area contributed by atoms with E-state index in [4.69, 9.17) is 0 Å². The summed E-state index contributed by atoms with van der Waals surface area (Å²) in [5.74, 6) is 0. The van der Waals surface area contributed by atoms with E-state index in [0.29, 0.717) is 6.42 Å². The SMILES string of the molecule is CCCC(O)CC1(O)CC1. The first-order valence-corrected chi connectivity index (χ1v) is 4.07. The molecule has 0 saturated heterocycles. The van der Waals surface area contributed by atoms with Gasteiger partial charge in [-0.2, -0.15) is 0 Å².